The van der Waals surface area contributed by atoms with E-state index < -0.39 is 11.7 Å². The number of halogens is 1. The highest BCUT2D eigenvalue weighted by Gasteiger charge is 2.10. The number of carbonyl (C=O) groups is 1. The number of aliphatic hydroxyl groups excluding tert-OH is 1. The summed E-state index contributed by atoms with van der Waals surface area (Å²) in [4.78, 5) is 28.2. The number of hydrogen-bond acceptors (Lipinski definition) is 7. The van der Waals surface area contributed by atoms with Gasteiger partial charge in [0.25, 0.3) is 0 Å². The average molecular weight is 461 g/mol. The minimum atomic E-state index is -0.690. The zero-order valence-electron chi connectivity index (χ0n) is 18.2. The Morgan fingerprint density at radius 1 is 1.09 bits per heavy atom. The maximum absolute atomic E-state index is 12.0. The molecule has 0 spiro atoms. The lowest BCUT2D eigenvalue weighted by Gasteiger charge is -2.10. The lowest BCUT2D eigenvalue weighted by molar-refractivity contribution is -0.109. The van der Waals surface area contributed by atoms with Crippen molar-refractivity contribution in [3.63, 3.8) is 0 Å². The molecule has 1 heterocycles. The van der Waals surface area contributed by atoms with Crippen LogP contribution in [0.15, 0.2) is 53.3 Å². The predicted octanol–water partition coefficient (Wildman–Crippen LogP) is 3.12. The van der Waals surface area contributed by atoms with E-state index >= 15 is 0 Å². The van der Waals surface area contributed by atoms with E-state index in [4.69, 9.17) is 31.9 Å². The van der Waals surface area contributed by atoms with Crippen molar-refractivity contribution in [3.8, 4) is 34.0 Å². The number of aliphatic hydroxyl groups is 1. The van der Waals surface area contributed by atoms with Gasteiger partial charge in [0, 0.05) is 10.6 Å². The largest absolute Gasteiger partial charge is 0.493 e. The first kappa shape index (κ1) is 26.7. The number of benzene rings is 2. The number of ether oxygens (including phenoxy) is 2. The lowest BCUT2D eigenvalue weighted by atomic mass is 10.1. The van der Waals surface area contributed by atoms with Gasteiger partial charge in [-0.1, -0.05) is 23.7 Å². The van der Waals surface area contributed by atoms with Gasteiger partial charge in [-0.2, -0.15) is 4.98 Å². The second kappa shape index (κ2) is 13.9. The van der Waals surface area contributed by atoms with Gasteiger partial charge in [-0.3, -0.25) is 0 Å². The Kier molecular flexibility index (Phi) is 11.6. The standard InChI is InChI=1S/C18H15ClN2O3.C3H7NO2.C2H5/c1-23-16-8-5-12(9-17(16)24-2)15-10-14(20-18(22)21-15)11-3-6-13(19)7-4-11;4-3(1-5)2-6;1-2/h3-10H,1-2H3,(H,20,21,22);1,3,6H,2,4H2;1H2,2H3/q;;+1. The van der Waals surface area contributed by atoms with Crippen molar-refractivity contribution in [2.75, 3.05) is 20.8 Å². The third kappa shape index (κ3) is 7.73. The second-order valence-corrected chi connectivity index (χ2v) is 6.48. The summed E-state index contributed by atoms with van der Waals surface area (Å²) in [7, 11) is 3.13. The highest BCUT2D eigenvalue weighted by molar-refractivity contribution is 6.30. The fourth-order valence-electron chi connectivity index (χ4n) is 2.43. The molecule has 0 saturated carbocycles. The smallest absolute Gasteiger partial charge is 0.345 e. The molecule has 0 bridgehead atoms. The topological polar surface area (TPSA) is 128 Å². The summed E-state index contributed by atoms with van der Waals surface area (Å²) in [6, 6.07) is 13.7. The van der Waals surface area contributed by atoms with Gasteiger partial charge in [0.05, 0.1) is 52.1 Å². The van der Waals surface area contributed by atoms with Crippen LogP contribution in [0, 0.1) is 6.92 Å². The van der Waals surface area contributed by atoms with Crippen molar-refractivity contribution in [2.45, 2.75) is 13.0 Å². The Morgan fingerprint density at radius 3 is 2.19 bits per heavy atom. The summed E-state index contributed by atoms with van der Waals surface area (Å²) in [6.07, 6.45) is 0.500. The Balaban J connectivity index is 0.000000556. The molecule has 3 aromatic rings. The summed E-state index contributed by atoms with van der Waals surface area (Å²) < 4.78 is 10.5. The van der Waals surface area contributed by atoms with Gasteiger partial charge < -0.3 is 30.1 Å². The lowest BCUT2D eigenvalue weighted by Crippen LogP contribution is -2.25. The zero-order chi connectivity index (χ0) is 24.1. The van der Waals surface area contributed by atoms with Crippen LogP contribution in [0.4, 0.5) is 0 Å². The number of carbonyl (C=O) groups excluding carboxylic acids is 1. The van der Waals surface area contributed by atoms with E-state index in [0.29, 0.717) is 34.2 Å². The van der Waals surface area contributed by atoms with Gasteiger partial charge >= 0.3 is 5.69 Å². The molecule has 0 fully saturated rings. The summed E-state index contributed by atoms with van der Waals surface area (Å²) in [5.74, 6) is 1.19. The first-order chi connectivity index (χ1) is 15.4. The van der Waals surface area contributed by atoms with E-state index in [1.807, 2.05) is 24.3 Å². The molecule has 0 aliphatic rings. The maximum Gasteiger partial charge on any atom is 0.345 e. The molecule has 170 valence electrons. The first-order valence-electron chi connectivity index (χ1n) is 9.54. The van der Waals surface area contributed by atoms with Crippen LogP contribution in [0.1, 0.15) is 6.92 Å². The van der Waals surface area contributed by atoms with Crippen molar-refractivity contribution in [1.82, 2.24) is 9.97 Å². The Morgan fingerprint density at radius 2 is 1.69 bits per heavy atom. The number of methoxy groups -OCH3 is 2. The molecule has 3 rings (SSSR count). The summed E-state index contributed by atoms with van der Waals surface area (Å²) >= 11 is 5.91. The molecule has 0 amide bonds. The third-order valence-electron chi connectivity index (χ3n) is 3.96. The molecular weight excluding hydrogens is 434 g/mol. The Labute approximate surface area is 192 Å². The van der Waals surface area contributed by atoms with Crippen LogP contribution in [-0.4, -0.2) is 48.2 Å². The average Bonchev–Trinajstić information content (AvgIpc) is 2.84. The highest BCUT2D eigenvalue weighted by atomic mass is 35.5. The molecule has 2 aromatic carbocycles. The number of hydrogen-bond donors (Lipinski definition) is 3. The van der Waals surface area contributed by atoms with Crippen LogP contribution >= 0.6 is 11.6 Å². The summed E-state index contributed by atoms with van der Waals surface area (Å²) in [5, 5.41) is 8.61. The number of aromatic nitrogens is 2. The Hall–Kier alpha value is -3.33. The van der Waals surface area contributed by atoms with Gasteiger partial charge in [-0.05, 0) is 42.0 Å². The normalized spacial score (nSPS) is 10.6. The molecule has 9 heteroatoms. The molecular formula is C23H27ClN3O5+. The highest BCUT2D eigenvalue weighted by Crippen LogP contribution is 2.32. The quantitative estimate of drug-likeness (QED) is 0.381. The minimum Gasteiger partial charge on any atom is -0.493 e. The van der Waals surface area contributed by atoms with Gasteiger partial charge in [0.1, 0.15) is 6.29 Å². The van der Waals surface area contributed by atoms with Crippen molar-refractivity contribution in [2.24, 2.45) is 5.73 Å². The predicted molar refractivity (Wildman–Crippen MR) is 126 cm³/mol. The van der Waals surface area contributed by atoms with Crippen LogP contribution in [0.5, 0.6) is 11.5 Å². The Bertz CT molecular complexity index is 1040. The molecule has 8 nitrogen and oxygen atoms in total. The molecule has 0 aliphatic carbocycles. The molecule has 0 saturated heterocycles. The van der Waals surface area contributed by atoms with Gasteiger partial charge in [-0.25, -0.2) is 4.79 Å². The van der Waals surface area contributed by atoms with Crippen LogP contribution in [0.3, 0.4) is 0 Å². The molecule has 4 N–H and O–H groups in total. The molecule has 0 radical (unpaired) electrons. The number of aldehydes is 1. The third-order valence-corrected chi connectivity index (χ3v) is 4.22. The van der Waals surface area contributed by atoms with E-state index in [1.54, 1.807) is 45.4 Å². The van der Waals surface area contributed by atoms with Crippen LogP contribution in [0.2, 0.25) is 5.02 Å². The van der Waals surface area contributed by atoms with E-state index in [1.165, 1.54) is 0 Å². The number of H-pyrrole nitrogens is 1. The van der Waals surface area contributed by atoms with Crippen molar-refractivity contribution >= 4 is 17.9 Å². The SMILES string of the molecule is COc1ccc(-c2cc(-c3ccc(Cl)cc3)[nH]c(=O)n2)cc1OC.NC(C=O)CO.[CH2+]C. The molecule has 1 atom stereocenters. The fraction of sp³-hybridized carbons (Fsp3) is 0.217. The summed E-state index contributed by atoms with van der Waals surface area (Å²) in [6.45, 7) is 4.74. The van der Waals surface area contributed by atoms with E-state index in [9.17, 15) is 9.59 Å². The van der Waals surface area contributed by atoms with Crippen molar-refractivity contribution in [1.29, 1.82) is 0 Å². The molecule has 1 unspecified atom stereocenters. The zero-order valence-corrected chi connectivity index (χ0v) is 18.9. The molecule has 1 aromatic heterocycles. The van der Waals surface area contributed by atoms with E-state index in [-0.39, 0.29) is 6.61 Å². The number of nitrogens with one attached hydrogen (secondary N) is 1. The van der Waals surface area contributed by atoms with Crippen LogP contribution < -0.4 is 20.9 Å². The fourth-order valence-corrected chi connectivity index (χ4v) is 2.56. The number of rotatable bonds is 6. The summed E-state index contributed by atoms with van der Waals surface area (Å²) in [5.41, 5.74) is 7.25. The first-order valence-corrected chi connectivity index (χ1v) is 9.91. The maximum atomic E-state index is 12.0. The molecule has 32 heavy (non-hydrogen) atoms. The van der Waals surface area contributed by atoms with Gasteiger partial charge in [0.15, 0.2) is 11.5 Å². The van der Waals surface area contributed by atoms with Crippen molar-refractivity contribution < 1.29 is 19.4 Å². The van der Waals surface area contributed by atoms with Crippen molar-refractivity contribution in [3.05, 3.63) is 71.0 Å². The van der Waals surface area contributed by atoms with E-state index in [2.05, 4.69) is 16.9 Å². The van der Waals surface area contributed by atoms with Gasteiger partial charge in [-0.15, -0.1) is 0 Å². The minimum absolute atomic E-state index is 0.260. The van der Waals surface area contributed by atoms with Gasteiger partial charge in [0.2, 0.25) is 0 Å². The van der Waals surface area contributed by atoms with Crippen LogP contribution in [-0.2, 0) is 4.79 Å². The molecule has 0 aliphatic heterocycles. The number of aromatic amines is 1. The number of nitrogens with zero attached hydrogens (tertiary/aromatic N) is 1. The van der Waals surface area contributed by atoms with E-state index in [0.717, 1.165) is 11.1 Å². The second-order valence-electron chi connectivity index (χ2n) is 6.04. The monoisotopic (exact) mass is 460 g/mol. The number of nitrogens with two attached hydrogens (primary N) is 1. The van der Waals surface area contributed by atoms with Crippen LogP contribution in [0.25, 0.3) is 22.5 Å².